The van der Waals surface area contributed by atoms with Gasteiger partial charge in [0.15, 0.2) is 17.2 Å². The fourth-order valence-corrected chi connectivity index (χ4v) is 4.53. The second-order valence-corrected chi connectivity index (χ2v) is 8.64. The Kier molecular flexibility index (Phi) is 5.00. The van der Waals surface area contributed by atoms with Crippen molar-refractivity contribution in [3.8, 4) is 17.2 Å². The predicted molar refractivity (Wildman–Crippen MR) is 120 cm³/mol. The number of aromatic hydroxyl groups is 1. The average Bonchev–Trinajstić information content (AvgIpc) is 2.79. The zero-order chi connectivity index (χ0) is 23.2. The van der Waals surface area contributed by atoms with E-state index in [0.29, 0.717) is 42.9 Å². The van der Waals surface area contributed by atoms with Gasteiger partial charge in [0.05, 0.1) is 17.7 Å². The highest BCUT2D eigenvalue weighted by Crippen LogP contribution is 2.39. The van der Waals surface area contributed by atoms with E-state index < -0.39 is 22.8 Å². The van der Waals surface area contributed by atoms with Crippen LogP contribution in [-0.4, -0.2) is 50.2 Å². The molecule has 0 aliphatic carbocycles. The number of carbonyl (C=O) groups is 2. The molecule has 0 unspecified atom stereocenters. The third kappa shape index (κ3) is 3.77. The molecule has 2 aromatic carbocycles. The largest absolute Gasteiger partial charge is 0.505 e. The number of benzene rings is 2. The number of amides is 1. The van der Waals surface area contributed by atoms with E-state index in [0.717, 1.165) is 16.3 Å². The first-order valence-corrected chi connectivity index (χ1v) is 10.9. The van der Waals surface area contributed by atoms with Crippen molar-refractivity contribution in [1.29, 1.82) is 0 Å². The molecule has 1 amide bonds. The Bertz CT molecular complexity index is 1320. The van der Waals surface area contributed by atoms with Crippen LogP contribution in [0.5, 0.6) is 11.5 Å². The summed E-state index contributed by atoms with van der Waals surface area (Å²) in [7, 11) is 0. The number of hydrogen-bond acceptors (Lipinski definition) is 6. The van der Waals surface area contributed by atoms with Gasteiger partial charge in [-0.3, -0.25) is 14.4 Å². The molecule has 5 rings (SSSR count). The van der Waals surface area contributed by atoms with Crippen molar-refractivity contribution in [2.45, 2.75) is 31.8 Å². The molecule has 1 N–H and O–H groups in total. The number of fused-ring (bicyclic) bond motifs is 1. The fourth-order valence-electron chi connectivity index (χ4n) is 4.53. The van der Waals surface area contributed by atoms with Crippen molar-refractivity contribution in [3.63, 3.8) is 0 Å². The Balaban J connectivity index is 1.37. The van der Waals surface area contributed by atoms with Gasteiger partial charge in [-0.1, -0.05) is 24.3 Å². The van der Waals surface area contributed by atoms with E-state index in [1.807, 2.05) is 25.1 Å². The van der Waals surface area contributed by atoms with Crippen LogP contribution in [0.2, 0.25) is 0 Å². The number of nitrogens with zero attached hydrogens (tertiary/aromatic N) is 3. The van der Waals surface area contributed by atoms with E-state index in [4.69, 9.17) is 4.74 Å². The zero-order valence-electron chi connectivity index (χ0n) is 18.2. The molecule has 2 aliphatic rings. The smallest absolute Gasteiger partial charge is 0.278 e. The van der Waals surface area contributed by atoms with E-state index in [9.17, 15) is 19.5 Å². The standard InChI is InChI=1S/C25H23N3O5/c1-16-5-4-6-17(13-16)28-22(31)14-19(29)23(26-28)24(32)27-11-9-25(10-12-27)15-20(30)18-7-2-3-8-21(18)33-25/h2-8,13-14,29H,9-12,15H2,1H3. The lowest BCUT2D eigenvalue weighted by atomic mass is 9.82. The van der Waals surface area contributed by atoms with Crippen LogP contribution in [0.15, 0.2) is 59.4 Å². The molecule has 0 saturated carbocycles. The van der Waals surface area contributed by atoms with Gasteiger partial charge in [0.2, 0.25) is 0 Å². The van der Waals surface area contributed by atoms with Crippen LogP contribution < -0.4 is 10.3 Å². The molecule has 8 heteroatoms. The lowest BCUT2D eigenvalue weighted by Gasteiger charge is -2.43. The monoisotopic (exact) mass is 445 g/mol. The molecular weight excluding hydrogens is 422 g/mol. The summed E-state index contributed by atoms with van der Waals surface area (Å²) in [6.45, 7) is 2.58. The van der Waals surface area contributed by atoms with Gasteiger partial charge < -0.3 is 14.7 Å². The lowest BCUT2D eigenvalue weighted by Crippen LogP contribution is -2.52. The summed E-state index contributed by atoms with van der Waals surface area (Å²) in [4.78, 5) is 39.8. The Morgan fingerprint density at radius 1 is 1.06 bits per heavy atom. The molecule has 33 heavy (non-hydrogen) atoms. The summed E-state index contributed by atoms with van der Waals surface area (Å²) >= 11 is 0. The number of rotatable bonds is 2. The first kappa shape index (κ1) is 20.9. The number of piperidine rings is 1. The number of carbonyl (C=O) groups excluding carboxylic acids is 2. The van der Waals surface area contributed by atoms with Gasteiger partial charge in [0.1, 0.15) is 11.4 Å². The molecule has 0 radical (unpaired) electrons. The van der Waals surface area contributed by atoms with Crippen LogP contribution in [-0.2, 0) is 0 Å². The first-order valence-electron chi connectivity index (χ1n) is 10.9. The van der Waals surface area contributed by atoms with Gasteiger partial charge in [-0.05, 0) is 36.8 Å². The average molecular weight is 445 g/mol. The van der Waals surface area contributed by atoms with Crippen molar-refractivity contribution >= 4 is 11.7 Å². The molecule has 8 nitrogen and oxygen atoms in total. The number of Topliss-reactive ketones (excluding diaryl/α,β-unsaturated/α-hetero) is 1. The predicted octanol–water partition coefficient (Wildman–Crippen LogP) is 2.89. The maximum absolute atomic E-state index is 13.2. The molecule has 1 fully saturated rings. The van der Waals surface area contributed by atoms with Crippen LogP contribution in [0, 0.1) is 6.92 Å². The summed E-state index contributed by atoms with van der Waals surface area (Å²) in [6, 6.07) is 15.4. The highest BCUT2D eigenvalue weighted by Gasteiger charge is 2.44. The maximum atomic E-state index is 13.2. The third-order valence-electron chi connectivity index (χ3n) is 6.32. The second-order valence-electron chi connectivity index (χ2n) is 8.64. The number of likely N-dealkylation sites (tertiary alicyclic amines) is 1. The zero-order valence-corrected chi connectivity index (χ0v) is 18.2. The van der Waals surface area contributed by atoms with E-state index in [2.05, 4.69) is 5.10 Å². The number of ketones is 1. The van der Waals surface area contributed by atoms with Gasteiger partial charge >= 0.3 is 0 Å². The number of aryl methyl sites for hydroxylation is 1. The molecule has 1 saturated heterocycles. The van der Waals surface area contributed by atoms with Crippen LogP contribution in [0.1, 0.15) is 45.7 Å². The normalized spacial score (nSPS) is 16.9. The Morgan fingerprint density at radius 2 is 1.82 bits per heavy atom. The number of ether oxygens (including phenoxy) is 1. The number of aromatic nitrogens is 2. The van der Waals surface area contributed by atoms with Crippen molar-refractivity contribution in [3.05, 3.63) is 81.8 Å². The van der Waals surface area contributed by atoms with Crippen molar-refractivity contribution in [2.75, 3.05) is 13.1 Å². The summed E-state index contributed by atoms with van der Waals surface area (Å²) in [6.07, 6.45) is 1.24. The molecule has 0 bridgehead atoms. The number of hydrogen-bond donors (Lipinski definition) is 1. The minimum atomic E-state index is -0.641. The highest BCUT2D eigenvalue weighted by atomic mass is 16.5. The van der Waals surface area contributed by atoms with Gasteiger partial charge in [-0.2, -0.15) is 9.78 Å². The van der Waals surface area contributed by atoms with Gasteiger partial charge in [0, 0.05) is 32.0 Å². The van der Waals surface area contributed by atoms with E-state index in [1.54, 1.807) is 35.2 Å². The Labute approximate surface area is 190 Å². The molecule has 1 spiro atoms. The quantitative estimate of drug-likeness (QED) is 0.651. The van der Waals surface area contributed by atoms with Crippen molar-refractivity contribution in [2.24, 2.45) is 0 Å². The van der Waals surface area contributed by atoms with E-state index in [1.165, 1.54) is 0 Å². The molecule has 168 valence electrons. The van der Waals surface area contributed by atoms with Crippen molar-refractivity contribution < 1.29 is 19.4 Å². The minimum Gasteiger partial charge on any atom is -0.505 e. The summed E-state index contributed by atoms with van der Waals surface area (Å²) in [5.74, 6) is -0.294. The van der Waals surface area contributed by atoms with Gasteiger partial charge in [0.25, 0.3) is 11.5 Å². The third-order valence-corrected chi connectivity index (χ3v) is 6.32. The first-order chi connectivity index (χ1) is 15.8. The summed E-state index contributed by atoms with van der Waals surface area (Å²) in [5.41, 5.74) is 0.691. The second kappa shape index (κ2) is 7.88. The van der Waals surface area contributed by atoms with Gasteiger partial charge in [-0.15, -0.1) is 0 Å². The summed E-state index contributed by atoms with van der Waals surface area (Å²) < 4.78 is 7.34. The Morgan fingerprint density at radius 3 is 2.58 bits per heavy atom. The van der Waals surface area contributed by atoms with E-state index in [-0.39, 0.29) is 17.9 Å². The van der Waals surface area contributed by atoms with Crippen molar-refractivity contribution in [1.82, 2.24) is 14.7 Å². The van der Waals surface area contributed by atoms with Crippen LogP contribution in [0.25, 0.3) is 5.69 Å². The fraction of sp³-hybridized carbons (Fsp3) is 0.280. The van der Waals surface area contributed by atoms with Crippen LogP contribution in [0.4, 0.5) is 0 Å². The lowest BCUT2D eigenvalue weighted by molar-refractivity contribution is -0.00593. The topological polar surface area (TPSA) is 102 Å². The maximum Gasteiger partial charge on any atom is 0.278 e. The molecule has 3 aromatic rings. The molecule has 3 heterocycles. The highest BCUT2D eigenvalue weighted by molar-refractivity contribution is 6.00. The number of para-hydroxylation sites is 1. The van der Waals surface area contributed by atoms with Gasteiger partial charge in [-0.25, -0.2) is 0 Å². The van der Waals surface area contributed by atoms with Crippen LogP contribution >= 0.6 is 0 Å². The molecule has 2 aliphatic heterocycles. The molecule has 0 atom stereocenters. The molecule has 1 aromatic heterocycles. The molecular formula is C25H23N3O5. The van der Waals surface area contributed by atoms with E-state index >= 15 is 0 Å². The SMILES string of the molecule is Cc1cccc(-n2nc(C(=O)N3CCC4(CC3)CC(=O)c3ccccc3O4)c(O)cc2=O)c1. The minimum absolute atomic E-state index is 0.0427. The summed E-state index contributed by atoms with van der Waals surface area (Å²) in [5, 5.41) is 14.5. The van der Waals surface area contributed by atoms with Crippen LogP contribution in [0.3, 0.4) is 0 Å². The Hall–Kier alpha value is -3.94.